The number of benzene rings is 2. The van der Waals surface area contributed by atoms with Crippen LogP contribution in [0, 0.1) is 0 Å². The monoisotopic (exact) mass is 279 g/mol. The number of anilines is 1. The van der Waals surface area contributed by atoms with Crippen LogP contribution >= 0.6 is 0 Å². The molecule has 21 heavy (non-hydrogen) atoms. The van der Waals surface area contributed by atoms with E-state index < -0.39 is 0 Å². The lowest BCUT2D eigenvalue weighted by molar-refractivity contribution is 0.258. The fourth-order valence-corrected chi connectivity index (χ4v) is 3.80. The van der Waals surface area contributed by atoms with Gasteiger partial charge in [0.25, 0.3) is 0 Å². The van der Waals surface area contributed by atoms with Crippen LogP contribution in [0.4, 0.5) is 5.69 Å². The summed E-state index contributed by atoms with van der Waals surface area (Å²) in [5.74, 6) is 2.39. The van der Waals surface area contributed by atoms with Crippen molar-refractivity contribution in [3.63, 3.8) is 0 Å². The van der Waals surface area contributed by atoms with Crippen molar-refractivity contribution >= 4 is 5.69 Å². The summed E-state index contributed by atoms with van der Waals surface area (Å²) in [4.78, 5) is 0. The van der Waals surface area contributed by atoms with Crippen LogP contribution in [0.5, 0.6) is 5.75 Å². The van der Waals surface area contributed by atoms with Crippen LogP contribution in [0.2, 0.25) is 0 Å². The van der Waals surface area contributed by atoms with Crippen LogP contribution in [-0.2, 0) is 0 Å². The van der Waals surface area contributed by atoms with Crippen molar-refractivity contribution in [2.75, 3.05) is 18.5 Å². The van der Waals surface area contributed by atoms with Crippen molar-refractivity contribution in [3.8, 4) is 5.75 Å². The van der Waals surface area contributed by atoms with E-state index in [1.165, 1.54) is 29.7 Å². The molecule has 4 rings (SSSR count). The molecule has 0 radical (unpaired) electrons. The lowest BCUT2D eigenvalue weighted by Gasteiger charge is -2.32. The third-order valence-electron chi connectivity index (χ3n) is 4.86. The first-order chi connectivity index (χ1) is 10.4. The second-order valence-electron chi connectivity index (χ2n) is 6.11. The summed E-state index contributed by atoms with van der Waals surface area (Å²) in [7, 11) is 0. The summed E-state index contributed by atoms with van der Waals surface area (Å²) in [5.41, 5.74) is 4.22. The highest BCUT2D eigenvalue weighted by molar-refractivity contribution is 5.55. The Balaban J connectivity index is 1.61. The predicted molar refractivity (Wildman–Crippen MR) is 86.2 cm³/mol. The van der Waals surface area contributed by atoms with E-state index in [0.29, 0.717) is 11.8 Å². The molecule has 2 aromatic rings. The molecule has 0 amide bonds. The van der Waals surface area contributed by atoms with Crippen LogP contribution in [0.25, 0.3) is 0 Å². The van der Waals surface area contributed by atoms with Crippen molar-refractivity contribution in [3.05, 3.63) is 59.7 Å². The first kappa shape index (κ1) is 12.8. The van der Waals surface area contributed by atoms with Crippen molar-refractivity contribution in [1.82, 2.24) is 0 Å². The van der Waals surface area contributed by atoms with Gasteiger partial charge in [0.2, 0.25) is 0 Å². The molecule has 0 spiro atoms. The molecule has 2 aliphatic rings. The molecule has 2 heterocycles. The van der Waals surface area contributed by atoms with Gasteiger partial charge in [0.15, 0.2) is 0 Å². The largest absolute Gasteiger partial charge is 0.493 e. The zero-order valence-electron chi connectivity index (χ0n) is 12.2. The van der Waals surface area contributed by atoms with Gasteiger partial charge in [-0.3, -0.25) is 0 Å². The van der Waals surface area contributed by atoms with E-state index in [1.807, 2.05) is 0 Å². The molecular formula is C19H21NO. The standard InChI is InChI=1S/C19H21NO/c1-3-7-18-16(5-1)14(9-11-20-18)13-15-10-12-21-19-8-4-2-6-17(15)19/h1-8,14-15,20H,9-13H2. The predicted octanol–water partition coefficient (Wildman–Crippen LogP) is 4.54. The maximum Gasteiger partial charge on any atom is 0.122 e. The Hall–Kier alpha value is -1.96. The van der Waals surface area contributed by atoms with E-state index in [-0.39, 0.29) is 0 Å². The molecular weight excluding hydrogens is 258 g/mol. The number of ether oxygens (including phenoxy) is 1. The van der Waals surface area contributed by atoms with Gasteiger partial charge in [-0.2, -0.15) is 0 Å². The number of hydrogen-bond donors (Lipinski definition) is 1. The molecule has 2 nitrogen and oxygen atoms in total. The molecule has 1 N–H and O–H groups in total. The van der Waals surface area contributed by atoms with Gasteiger partial charge >= 0.3 is 0 Å². The third kappa shape index (κ3) is 2.39. The second kappa shape index (κ2) is 5.44. The van der Waals surface area contributed by atoms with Gasteiger partial charge < -0.3 is 10.1 Å². The molecule has 2 unspecified atom stereocenters. The first-order valence-electron chi connectivity index (χ1n) is 7.96. The highest BCUT2D eigenvalue weighted by atomic mass is 16.5. The minimum Gasteiger partial charge on any atom is -0.493 e. The summed E-state index contributed by atoms with van der Waals surface area (Å²) in [6.07, 6.45) is 3.61. The van der Waals surface area contributed by atoms with Crippen LogP contribution in [0.1, 0.15) is 42.2 Å². The topological polar surface area (TPSA) is 21.3 Å². The highest BCUT2D eigenvalue weighted by Crippen LogP contribution is 2.43. The lowest BCUT2D eigenvalue weighted by atomic mass is 9.79. The second-order valence-corrected chi connectivity index (χ2v) is 6.11. The van der Waals surface area contributed by atoms with Crippen LogP contribution in [0.15, 0.2) is 48.5 Å². The Morgan fingerprint density at radius 2 is 1.67 bits per heavy atom. The molecule has 0 aromatic heterocycles. The van der Waals surface area contributed by atoms with Crippen LogP contribution in [0.3, 0.4) is 0 Å². The summed E-state index contributed by atoms with van der Waals surface area (Å²) in [6.45, 7) is 1.95. The van der Waals surface area contributed by atoms with Crippen molar-refractivity contribution in [2.45, 2.75) is 31.1 Å². The molecule has 2 aliphatic heterocycles. The number of rotatable bonds is 2. The first-order valence-corrected chi connectivity index (χ1v) is 7.96. The zero-order valence-corrected chi connectivity index (χ0v) is 12.2. The summed E-state index contributed by atoms with van der Waals surface area (Å²) >= 11 is 0. The average Bonchev–Trinajstić information content (AvgIpc) is 2.56. The van der Waals surface area contributed by atoms with Gasteiger partial charge in [-0.15, -0.1) is 0 Å². The Labute approximate surface area is 126 Å². The molecule has 0 bridgehead atoms. The number of fused-ring (bicyclic) bond motifs is 2. The van der Waals surface area contributed by atoms with Gasteiger partial charge in [-0.25, -0.2) is 0 Å². The van der Waals surface area contributed by atoms with E-state index in [2.05, 4.69) is 53.8 Å². The summed E-state index contributed by atoms with van der Waals surface area (Å²) in [5, 5.41) is 3.52. The van der Waals surface area contributed by atoms with Gasteiger partial charge in [-0.05, 0) is 54.4 Å². The van der Waals surface area contributed by atoms with Gasteiger partial charge in [0.05, 0.1) is 6.61 Å². The van der Waals surface area contributed by atoms with E-state index in [0.717, 1.165) is 25.3 Å². The third-order valence-corrected chi connectivity index (χ3v) is 4.86. The zero-order chi connectivity index (χ0) is 14.1. The minimum absolute atomic E-state index is 0.631. The number of para-hydroxylation sites is 2. The van der Waals surface area contributed by atoms with E-state index in [9.17, 15) is 0 Å². The smallest absolute Gasteiger partial charge is 0.122 e. The van der Waals surface area contributed by atoms with E-state index >= 15 is 0 Å². The molecule has 0 saturated heterocycles. The lowest BCUT2D eigenvalue weighted by Crippen LogP contribution is -2.21. The quantitative estimate of drug-likeness (QED) is 0.871. The van der Waals surface area contributed by atoms with Crippen LogP contribution < -0.4 is 10.1 Å². The number of nitrogens with one attached hydrogen (secondary N) is 1. The highest BCUT2D eigenvalue weighted by Gasteiger charge is 2.27. The molecule has 2 heteroatoms. The minimum atomic E-state index is 0.631. The Kier molecular flexibility index (Phi) is 3.30. The molecule has 0 saturated carbocycles. The van der Waals surface area contributed by atoms with Gasteiger partial charge in [0, 0.05) is 12.2 Å². The van der Waals surface area contributed by atoms with E-state index in [1.54, 1.807) is 0 Å². The van der Waals surface area contributed by atoms with Crippen molar-refractivity contribution in [2.24, 2.45) is 0 Å². The summed E-state index contributed by atoms with van der Waals surface area (Å²) in [6, 6.07) is 17.3. The average molecular weight is 279 g/mol. The Morgan fingerprint density at radius 3 is 2.62 bits per heavy atom. The maximum atomic E-state index is 5.80. The summed E-state index contributed by atoms with van der Waals surface area (Å²) < 4.78 is 5.80. The maximum absolute atomic E-state index is 5.80. The van der Waals surface area contributed by atoms with Crippen LogP contribution in [-0.4, -0.2) is 13.2 Å². The van der Waals surface area contributed by atoms with Crippen molar-refractivity contribution < 1.29 is 4.74 Å². The molecule has 0 aliphatic carbocycles. The Bertz CT molecular complexity index is 581. The molecule has 2 atom stereocenters. The number of hydrogen-bond acceptors (Lipinski definition) is 2. The molecule has 2 aromatic carbocycles. The van der Waals surface area contributed by atoms with Gasteiger partial charge in [-0.1, -0.05) is 36.4 Å². The molecule has 0 fully saturated rings. The van der Waals surface area contributed by atoms with Gasteiger partial charge in [0.1, 0.15) is 5.75 Å². The van der Waals surface area contributed by atoms with Crippen molar-refractivity contribution in [1.29, 1.82) is 0 Å². The SMILES string of the molecule is c1ccc2c(c1)NCCC2CC1CCOc2ccccc21. The normalized spacial score (nSPS) is 23.4. The van der Waals surface area contributed by atoms with E-state index in [4.69, 9.17) is 4.74 Å². The molecule has 108 valence electrons. The Morgan fingerprint density at radius 1 is 0.905 bits per heavy atom. The fourth-order valence-electron chi connectivity index (χ4n) is 3.80. The fraction of sp³-hybridized carbons (Fsp3) is 0.368.